The smallest absolute Gasteiger partial charge is 0.115 e. The van der Waals surface area contributed by atoms with E-state index < -0.39 is 6.10 Å². The number of phenols is 1. The van der Waals surface area contributed by atoms with Crippen LogP contribution in [0.3, 0.4) is 0 Å². The van der Waals surface area contributed by atoms with Gasteiger partial charge in [-0.1, -0.05) is 12.1 Å². The van der Waals surface area contributed by atoms with Gasteiger partial charge in [-0.15, -0.1) is 0 Å². The summed E-state index contributed by atoms with van der Waals surface area (Å²) in [5.41, 5.74) is 0.855. The summed E-state index contributed by atoms with van der Waals surface area (Å²) in [5.74, 6) is 0.232. The highest BCUT2D eigenvalue weighted by Gasteiger charge is 2.24. The van der Waals surface area contributed by atoms with E-state index in [1.165, 1.54) is 0 Å². The summed E-state index contributed by atoms with van der Waals surface area (Å²) in [4.78, 5) is 2.29. The standard InChI is InChI=1S/C13H20N2O2/c1-10(15-8-6-14-7-9-15)13(17)11-2-4-12(16)5-3-11/h2-5,10,13-14,16-17H,6-9H2,1H3. The maximum Gasteiger partial charge on any atom is 0.115 e. The number of nitrogens with zero attached hydrogens (tertiary/aromatic N) is 1. The molecule has 0 saturated carbocycles. The molecule has 0 aliphatic carbocycles. The van der Waals surface area contributed by atoms with E-state index in [2.05, 4.69) is 10.2 Å². The number of piperazine rings is 1. The number of hydrogen-bond donors (Lipinski definition) is 3. The predicted octanol–water partition coefficient (Wildman–Crippen LogP) is 0.719. The molecule has 1 saturated heterocycles. The lowest BCUT2D eigenvalue weighted by atomic mass is 10.0. The molecule has 0 radical (unpaired) electrons. The molecular weight excluding hydrogens is 216 g/mol. The van der Waals surface area contributed by atoms with Crippen molar-refractivity contribution in [3.63, 3.8) is 0 Å². The Balaban J connectivity index is 2.02. The highest BCUT2D eigenvalue weighted by atomic mass is 16.3. The second-order valence-electron chi connectivity index (χ2n) is 4.56. The number of nitrogens with one attached hydrogen (secondary N) is 1. The van der Waals surface area contributed by atoms with Crippen molar-refractivity contribution in [1.29, 1.82) is 0 Å². The van der Waals surface area contributed by atoms with E-state index in [9.17, 15) is 10.2 Å². The Morgan fingerprint density at radius 2 is 1.76 bits per heavy atom. The predicted molar refractivity (Wildman–Crippen MR) is 67.0 cm³/mol. The Morgan fingerprint density at radius 3 is 2.35 bits per heavy atom. The monoisotopic (exact) mass is 236 g/mol. The maximum atomic E-state index is 10.3. The molecule has 2 rings (SSSR count). The Hall–Kier alpha value is -1.10. The second-order valence-corrected chi connectivity index (χ2v) is 4.56. The normalized spacial score (nSPS) is 21.1. The van der Waals surface area contributed by atoms with Crippen molar-refractivity contribution in [2.45, 2.75) is 19.1 Å². The first-order valence-electron chi connectivity index (χ1n) is 6.10. The Bertz CT molecular complexity index is 347. The van der Waals surface area contributed by atoms with E-state index in [1.54, 1.807) is 24.3 Å². The van der Waals surface area contributed by atoms with Gasteiger partial charge in [0.05, 0.1) is 6.10 Å². The van der Waals surface area contributed by atoms with Crippen LogP contribution in [0.25, 0.3) is 0 Å². The zero-order chi connectivity index (χ0) is 12.3. The fraction of sp³-hybridized carbons (Fsp3) is 0.538. The van der Waals surface area contributed by atoms with Crippen LogP contribution in [0, 0.1) is 0 Å². The summed E-state index contributed by atoms with van der Waals surface area (Å²) in [6, 6.07) is 6.88. The Labute approximate surface area is 102 Å². The van der Waals surface area contributed by atoms with Gasteiger partial charge in [-0.2, -0.15) is 0 Å². The quantitative estimate of drug-likeness (QED) is 0.724. The molecule has 0 bridgehead atoms. The van der Waals surface area contributed by atoms with Crippen molar-refractivity contribution in [3.05, 3.63) is 29.8 Å². The van der Waals surface area contributed by atoms with E-state index in [1.807, 2.05) is 6.92 Å². The fourth-order valence-corrected chi connectivity index (χ4v) is 2.24. The molecule has 0 aromatic heterocycles. The molecule has 1 fully saturated rings. The largest absolute Gasteiger partial charge is 0.508 e. The topological polar surface area (TPSA) is 55.7 Å². The van der Waals surface area contributed by atoms with Gasteiger partial charge in [0.2, 0.25) is 0 Å². The van der Waals surface area contributed by atoms with Crippen LogP contribution in [0.15, 0.2) is 24.3 Å². The average molecular weight is 236 g/mol. The number of aromatic hydroxyl groups is 1. The van der Waals surface area contributed by atoms with Gasteiger partial charge >= 0.3 is 0 Å². The first-order chi connectivity index (χ1) is 8.18. The number of phenolic OH excluding ortho intramolecular Hbond substituents is 1. The number of rotatable bonds is 3. The molecule has 2 unspecified atom stereocenters. The summed E-state index contributed by atoms with van der Waals surface area (Å²) in [5, 5.41) is 22.8. The SMILES string of the molecule is CC(C(O)c1ccc(O)cc1)N1CCNCC1. The van der Waals surface area contributed by atoms with E-state index in [0.717, 1.165) is 31.7 Å². The first kappa shape index (κ1) is 12.4. The summed E-state index contributed by atoms with van der Waals surface area (Å²) in [6.07, 6.45) is -0.506. The molecule has 1 aliphatic rings. The van der Waals surface area contributed by atoms with Gasteiger partial charge in [-0.25, -0.2) is 0 Å². The van der Waals surface area contributed by atoms with Gasteiger partial charge in [0, 0.05) is 32.2 Å². The van der Waals surface area contributed by atoms with Crippen molar-refractivity contribution in [2.75, 3.05) is 26.2 Å². The summed E-state index contributed by atoms with van der Waals surface area (Å²) < 4.78 is 0. The van der Waals surface area contributed by atoms with Gasteiger partial charge in [0.25, 0.3) is 0 Å². The molecule has 2 atom stereocenters. The lowest BCUT2D eigenvalue weighted by Gasteiger charge is -2.35. The van der Waals surface area contributed by atoms with Crippen LogP contribution in [0.1, 0.15) is 18.6 Å². The Morgan fingerprint density at radius 1 is 1.18 bits per heavy atom. The number of hydrogen-bond acceptors (Lipinski definition) is 4. The zero-order valence-corrected chi connectivity index (χ0v) is 10.1. The van der Waals surface area contributed by atoms with E-state index in [0.29, 0.717) is 0 Å². The molecule has 1 aromatic carbocycles. The van der Waals surface area contributed by atoms with Crippen LogP contribution in [-0.2, 0) is 0 Å². The van der Waals surface area contributed by atoms with Crippen molar-refractivity contribution < 1.29 is 10.2 Å². The summed E-state index contributed by atoms with van der Waals surface area (Å²) >= 11 is 0. The van der Waals surface area contributed by atoms with Crippen LogP contribution in [0.2, 0.25) is 0 Å². The van der Waals surface area contributed by atoms with E-state index >= 15 is 0 Å². The number of aliphatic hydroxyl groups excluding tert-OH is 1. The van der Waals surface area contributed by atoms with Gasteiger partial charge in [-0.05, 0) is 24.6 Å². The molecule has 1 aromatic rings. The second kappa shape index (κ2) is 5.49. The fourth-order valence-electron chi connectivity index (χ4n) is 2.24. The molecule has 0 amide bonds. The van der Waals surface area contributed by atoms with Crippen LogP contribution < -0.4 is 5.32 Å². The van der Waals surface area contributed by atoms with Crippen molar-refractivity contribution in [1.82, 2.24) is 10.2 Å². The summed E-state index contributed by atoms with van der Waals surface area (Å²) in [6.45, 7) is 5.94. The molecule has 0 spiro atoms. The summed E-state index contributed by atoms with van der Waals surface area (Å²) in [7, 11) is 0. The number of benzene rings is 1. The lowest BCUT2D eigenvalue weighted by Crippen LogP contribution is -2.49. The van der Waals surface area contributed by atoms with Crippen LogP contribution in [-0.4, -0.2) is 47.3 Å². The van der Waals surface area contributed by atoms with E-state index in [-0.39, 0.29) is 11.8 Å². The third-order valence-electron chi connectivity index (χ3n) is 3.42. The average Bonchev–Trinajstić information content (AvgIpc) is 2.39. The lowest BCUT2D eigenvalue weighted by molar-refractivity contribution is 0.0510. The van der Waals surface area contributed by atoms with Crippen LogP contribution >= 0.6 is 0 Å². The third kappa shape index (κ3) is 2.97. The van der Waals surface area contributed by atoms with Gasteiger partial charge in [0.15, 0.2) is 0 Å². The van der Waals surface area contributed by atoms with Crippen molar-refractivity contribution in [2.24, 2.45) is 0 Å². The van der Waals surface area contributed by atoms with Gasteiger partial charge < -0.3 is 15.5 Å². The number of aliphatic hydroxyl groups is 1. The minimum atomic E-state index is -0.506. The molecule has 94 valence electrons. The first-order valence-corrected chi connectivity index (χ1v) is 6.10. The molecular formula is C13H20N2O2. The molecule has 17 heavy (non-hydrogen) atoms. The minimum absolute atomic E-state index is 0.0987. The van der Waals surface area contributed by atoms with Crippen molar-refractivity contribution >= 4 is 0 Å². The minimum Gasteiger partial charge on any atom is -0.508 e. The highest BCUT2D eigenvalue weighted by molar-refractivity contribution is 5.27. The highest BCUT2D eigenvalue weighted by Crippen LogP contribution is 2.22. The van der Waals surface area contributed by atoms with Gasteiger partial charge in [0.1, 0.15) is 5.75 Å². The van der Waals surface area contributed by atoms with Crippen LogP contribution in [0.4, 0.5) is 0 Å². The molecule has 1 aliphatic heterocycles. The third-order valence-corrected chi connectivity index (χ3v) is 3.42. The van der Waals surface area contributed by atoms with E-state index in [4.69, 9.17) is 0 Å². The molecule has 4 heteroatoms. The molecule has 1 heterocycles. The van der Waals surface area contributed by atoms with Crippen molar-refractivity contribution in [3.8, 4) is 5.75 Å². The van der Waals surface area contributed by atoms with Crippen LogP contribution in [0.5, 0.6) is 5.75 Å². The Kier molecular flexibility index (Phi) is 3.99. The maximum absolute atomic E-state index is 10.3. The zero-order valence-electron chi connectivity index (χ0n) is 10.1. The van der Waals surface area contributed by atoms with Gasteiger partial charge in [-0.3, -0.25) is 4.90 Å². The molecule has 3 N–H and O–H groups in total. The molecule has 4 nitrogen and oxygen atoms in total.